The molecule has 5 heteroatoms. The highest BCUT2D eigenvalue weighted by atomic mass is 16.5. The van der Waals surface area contributed by atoms with Gasteiger partial charge in [-0.25, -0.2) is 4.98 Å². The number of carbonyl (C=O) groups excluding carboxylic acids is 1. The highest BCUT2D eigenvalue weighted by Crippen LogP contribution is 2.14. The SMILES string of the molecule is CCOc1ncccc1CNC(=O)Cc1ccc(OC)cc1. The van der Waals surface area contributed by atoms with Crippen molar-refractivity contribution in [3.63, 3.8) is 0 Å². The van der Waals surface area contributed by atoms with E-state index in [9.17, 15) is 4.79 Å². The van der Waals surface area contributed by atoms with Gasteiger partial charge in [-0.05, 0) is 30.7 Å². The summed E-state index contributed by atoms with van der Waals surface area (Å²) in [4.78, 5) is 16.2. The minimum Gasteiger partial charge on any atom is -0.497 e. The molecule has 1 amide bonds. The Kier molecular flexibility index (Phi) is 5.77. The Morgan fingerprint density at radius 1 is 1.23 bits per heavy atom. The molecule has 0 unspecified atom stereocenters. The molecule has 5 nitrogen and oxygen atoms in total. The molecule has 0 spiro atoms. The largest absolute Gasteiger partial charge is 0.497 e. The van der Waals surface area contributed by atoms with Crippen LogP contribution >= 0.6 is 0 Å². The molecule has 0 aliphatic heterocycles. The summed E-state index contributed by atoms with van der Waals surface area (Å²) in [7, 11) is 1.62. The molecule has 1 heterocycles. The lowest BCUT2D eigenvalue weighted by molar-refractivity contribution is -0.120. The second kappa shape index (κ2) is 8.02. The van der Waals surface area contributed by atoms with Crippen molar-refractivity contribution >= 4 is 5.91 Å². The first-order valence-corrected chi connectivity index (χ1v) is 7.19. The van der Waals surface area contributed by atoms with E-state index in [0.29, 0.717) is 25.5 Å². The molecule has 1 aromatic carbocycles. The van der Waals surface area contributed by atoms with Gasteiger partial charge in [0.05, 0.1) is 20.1 Å². The van der Waals surface area contributed by atoms with E-state index in [1.165, 1.54) is 0 Å². The molecule has 0 atom stereocenters. The Morgan fingerprint density at radius 2 is 2.00 bits per heavy atom. The molecule has 0 saturated carbocycles. The summed E-state index contributed by atoms with van der Waals surface area (Å²) in [5.74, 6) is 1.30. The number of nitrogens with zero attached hydrogens (tertiary/aromatic N) is 1. The van der Waals surface area contributed by atoms with Gasteiger partial charge in [0, 0.05) is 18.3 Å². The number of pyridine rings is 1. The number of nitrogens with one attached hydrogen (secondary N) is 1. The Bertz CT molecular complexity index is 612. The minimum absolute atomic E-state index is 0.0449. The molecule has 0 saturated heterocycles. The number of hydrogen-bond acceptors (Lipinski definition) is 4. The smallest absolute Gasteiger partial charge is 0.224 e. The highest BCUT2D eigenvalue weighted by molar-refractivity contribution is 5.78. The van der Waals surface area contributed by atoms with Crippen LogP contribution in [0.15, 0.2) is 42.6 Å². The van der Waals surface area contributed by atoms with Gasteiger partial charge in [0.1, 0.15) is 5.75 Å². The number of carbonyl (C=O) groups is 1. The third-order valence-electron chi connectivity index (χ3n) is 3.13. The predicted molar refractivity (Wildman–Crippen MR) is 84.0 cm³/mol. The van der Waals surface area contributed by atoms with Gasteiger partial charge in [0.25, 0.3) is 0 Å². The standard InChI is InChI=1S/C17H20N2O3/c1-3-22-17-14(5-4-10-18-17)12-19-16(20)11-13-6-8-15(21-2)9-7-13/h4-10H,3,11-12H2,1-2H3,(H,19,20). The van der Waals surface area contributed by atoms with E-state index in [4.69, 9.17) is 9.47 Å². The second-order valence-corrected chi connectivity index (χ2v) is 4.70. The molecule has 22 heavy (non-hydrogen) atoms. The fraction of sp³-hybridized carbons (Fsp3) is 0.294. The average Bonchev–Trinajstić information content (AvgIpc) is 2.55. The maximum absolute atomic E-state index is 12.0. The highest BCUT2D eigenvalue weighted by Gasteiger charge is 2.07. The lowest BCUT2D eigenvalue weighted by Gasteiger charge is -2.10. The van der Waals surface area contributed by atoms with Gasteiger partial charge >= 0.3 is 0 Å². The number of amides is 1. The number of ether oxygens (including phenoxy) is 2. The van der Waals surface area contributed by atoms with E-state index in [1.807, 2.05) is 43.3 Å². The molecule has 0 aliphatic rings. The Labute approximate surface area is 130 Å². The van der Waals surface area contributed by atoms with Crippen LogP contribution in [0.3, 0.4) is 0 Å². The monoisotopic (exact) mass is 300 g/mol. The molecule has 2 aromatic rings. The number of methoxy groups -OCH3 is 1. The summed E-state index contributed by atoms with van der Waals surface area (Å²) < 4.78 is 10.5. The molecule has 0 aliphatic carbocycles. The molecular weight excluding hydrogens is 280 g/mol. The van der Waals surface area contributed by atoms with Crippen LogP contribution in [0.4, 0.5) is 0 Å². The van der Waals surface area contributed by atoms with E-state index < -0.39 is 0 Å². The molecule has 2 rings (SSSR count). The van der Waals surface area contributed by atoms with Gasteiger partial charge in [-0.3, -0.25) is 4.79 Å². The first kappa shape index (κ1) is 15.8. The minimum atomic E-state index is -0.0449. The van der Waals surface area contributed by atoms with E-state index in [2.05, 4.69) is 10.3 Å². The maximum atomic E-state index is 12.0. The fourth-order valence-electron chi connectivity index (χ4n) is 2.01. The third-order valence-corrected chi connectivity index (χ3v) is 3.13. The van der Waals surface area contributed by atoms with Crippen LogP contribution in [-0.2, 0) is 17.8 Å². The fourth-order valence-corrected chi connectivity index (χ4v) is 2.01. The summed E-state index contributed by atoms with van der Waals surface area (Å²) in [6.07, 6.45) is 2.00. The predicted octanol–water partition coefficient (Wildman–Crippen LogP) is 2.35. The van der Waals surface area contributed by atoms with Crippen LogP contribution in [0.1, 0.15) is 18.1 Å². The molecular formula is C17H20N2O3. The zero-order valence-electron chi connectivity index (χ0n) is 12.8. The van der Waals surface area contributed by atoms with Gasteiger partial charge in [-0.15, -0.1) is 0 Å². The molecule has 0 bridgehead atoms. The zero-order valence-corrected chi connectivity index (χ0v) is 12.8. The Balaban J connectivity index is 1.89. The van der Waals surface area contributed by atoms with Crippen LogP contribution in [-0.4, -0.2) is 24.6 Å². The summed E-state index contributed by atoms with van der Waals surface area (Å²) >= 11 is 0. The topological polar surface area (TPSA) is 60.5 Å². The lowest BCUT2D eigenvalue weighted by Crippen LogP contribution is -2.25. The third kappa shape index (κ3) is 4.48. The van der Waals surface area contributed by atoms with E-state index in [1.54, 1.807) is 13.3 Å². The van der Waals surface area contributed by atoms with Crippen molar-refractivity contribution in [2.75, 3.05) is 13.7 Å². The van der Waals surface area contributed by atoms with Crippen LogP contribution < -0.4 is 14.8 Å². The first-order chi connectivity index (χ1) is 10.7. The second-order valence-electron chi connectivity index (χ2n) is 4.70. The van der Waals surface area contributed by atoms with Crippen molar-refractivity contribution < 1.29 is 14.3 Å². The number of aromatic nitrogens is 1. The molecule has 0 radical (unpaired) electrons. The maximum Gasteiger partial charge on any atom is 0.224 e. The van der Waals surface area contributed by atoms with Crippen molar-refractivity contribution in [1.82, 2.24) is 10.3 Å². The average molecular weight is 300 g/mol. The van der Waals surface area contributed by atoms with Crippen LogP contribution in [0, 0.1) is 0 Å². The zero-order chi connectivity index (χ0) is 15.8. The number of benzene rings is 1. The Hall–Kier alpha value is -2.56. The van der Waals surface area contributed by atoms with Gasteiger partial charge in [0.15, 0.2) is 0 Å². The molecule has 1 aromatic heterocycles. The van der Waals surface area contributed by atoms with Gasteiger partial charge in [-0.2, -0.15) is 0 Å². The molecule has 116 valence electrons. The van der Waals surface area contributed by atoms with Crippen molar-refractivity contribution in [2.24, 2.45) is 0 Å². The summed E-state index contributed by atoms with van der Waals surface area (Å²) in [5, 5.41) is 2.88. The summed E-state index contributed by atoms with van der Waals surface area (Å²) in [6, 6.07) is 11.2. The molecule has 1 N–H and O–H groups in total. The number of rotatable bonds is 7. The van der Waals surface area contributed by atoms with Crippen molar-refractivity contribution in [2.45, 2.75) is 19.9 Å². The van der Waals surface area contributed by atoms with Crippen molar-refractivity contribution in [3.8, 4) is 11.6 Å². The molecule has 0 fully saturated rings. The quantitative estimate of drug-likeness (QED) is 0.852. The van der Waals surface area contributed by atoms with Gasteiger partial charge in [0.2, 0.25) is 11.8 Å². The van der Waals surface area contributed by atoms with Crippen molar-refractivity contribution in [1.29, 1.82) is 0 Å². The van der Waals surface area contributed by atoms with Crippen LogP contribution in [0.2, 0.25) is 0 Å². The van der Waals surface area contributed by atoms with E-state index in [-0.39, 0.29) is 5.91 Å². The van der Waals surface area contributed by atoms with Gasteiger partial charge in [-0.1, -0.05) is 18.2 Å². The van der Waals surface area contributed by atoms with Gasteiger partial charge < -0.3 is 14.8 Å². The van der Waals surface area contributed by atoms with E-state index >= 15 is 0 Å². The van der Waals surface area contributed by atoms with Crippen molar-refractivity contribution in [3.05, 3.63) is 53.7 Å². The van der Waals surface area contributed by atoms with Crippen LogP contribution in [0.5, 0.6) is 11.6 Å². The normalized spacial score (nSPS) is 10.1. The van der Waals surface area contributed by atoms with E-state index in [0.717, 1.165) is 16.9 Å². The Morgan fingerprint density at radius 3 is 2.68 bits per heavy atom. The lowest BCUT2D eigenvalue weighted by atomic mass is 10.1. The van der Waals surface area contributed by atoms with Crippen LogP contribution in [0.25, 0.3) is 0 Å². The first-order valence-electron chi connectivity index (χ1n) is 7.19. The summed E-state index contributed by atoms with van der Waals surface area (Å²) in [5.41, 5.74) is 1.81. The summed E-state index contributed by atoms with van der Waals surface area (Å²) in [6.45, 7) is 2.85. The number of hydrogen-bond donors (Lipinski definition) is 1.